The highest BCUT2D eigenvalue weighted by atomic mass is 28.4. The normalized spacial score (nSPS) is 11.0. The van der Waals surface area contributed by atoms with E-state index < -0.39 is 8.32 Å². The van der Waals surface area contributed by atoms with Gasteiger partial charge in [-0.25, -0.2) is 0 Å². The Kier molecular flexibility index (Phi) is 5.41. The lowest BCUT2D eigenvalue weighted by Gasteiger charge is -2.23. The van der Waals surface area contributed by atoms with E-state index in [0.717, 1.165) is 11.8 Å². The zero-order valence-corrected chi connectivity index (χ0v) is 13.3. The fourth-order valence-corrected chi connectivity index (χ4v) is 2.52. The lowest BCUT2D eigenvalue weighted by atomic mass is 10.1. The minimum Gasteiger partial charge on any atom is -0.539 e. The number of hydrogen-bond acceptors (Lipinski definition) is 4. The van der Waals surface area contributed by atoms with Crippen LogP contribution in [0.5, 0.6) is 17.2 Å². The second-order valence-corrected chi connectivity index (χ2v) is 9.68. The van der Waals surface area contributed by atoms with Crippen molar-refractivity contribution in [2.45, 2.75) is 32.5 Å². The van der Waals surface area contributed by atoms with E-state index in [1.165, 1.54) is 0 Å². The average molecular weight is 282 g/mol. The first kappa shape index (κ1) is 15.6. The van der Waals surface area contributed by atoms with Crippen LogP contribution in [-0.4, -0.2) is 28.8 Å². The molecule has 0 bridgehead atoms. The minimum absolute atomic E-state index is 0.487. The molecule has 5 heteroatoms. The van der Waals surface area contributed by atoms with Crippen molar-refractivity contribution in [3.8, 4) is 17.2 Å². The summed E-state index contributed by atoms with van der Waals surface area (Å²) in [6.45, 7) is 6.31. The van der Waals surface area contributed by atoms with Gasteiger partial charge in [-0.3, -0.25) is 0 Å². The van der Waals surface area contributed by atoms with Crippen LogP contribution in [0.4, 0.5) is 0 Å². The molecule has 0 aromatic heterocycles. The molecular weight excluding hydrogens is 260 g/mol. The summed E-state index contributed by atoms with van der Waals surface area (Å²) in [4.78, 5) is 10.5. The number of ether oxygens (including phenoxy) is 2. The van der Waals surface area contributed by atoms with Crippen LogP contribution >= 0.6 is 0 Å². The van der Waals surface area contributed by atoms with Gasteiger partial charge in [0.15, 0.2) is 17.2 Å². The van der Waals surface area contributed by atoms with Gasteiger partial charge >= 0.3 is 0 Å². The molecule has 0 aliphatic carbocycles. The molecular formula is C14H22O4Si. The first-order valence-electron chi connectivity index (χ1n) is 6.29. The third kappa shape index (κ3) is 4.59. The predicted octanol–water partition coefficient (Wildman–Crippen LogP) is 3.05. The van der Waals surface area contributed by atoms with E-state index in [9.17, 15) is 4.79 Å². The molecule has 0 aliphatic rings. The van der Waals surface area contributed by atoms with Gasteiger partial charge in [0, 0.05) is 6.42 Å². The minimum atomic E-state index is -1.75. The molecule has 0 saturated heterocycles. The third-order valence-corrected chi connectivity index (χ3v) is 3.30. The second-order valence-electron chi connectivity index (χ2n) is 5.25. The van der Waals surface area contributed by atoms with E-state index in [2.05, 4.69) is 19.6 Å². The van der Waals surface area contributed by atoms with Gasteiger partial charge in [0.25, 0.3) is 0 Å². The highest BCUT2D eigenvalue weighted by molar-refractivity contribution is 6.70. The van der Waals surface area contributed by atoms with Gasteiger partial charge in [-0.1, -0.05) is 0 Å². The average Bonchev–Trinajstić information content (AvgIpc) is 2.35. The summed E-state index contributed by atoms with van der Waals surface area (Å²) in [5.41, 5.74) is 1.00. The van der Waals surface area contributed by atoms with E-state index in [1.807, 2.05) is 12.1 Å². The van der Waals surface area contributed by atoms with Crippen molar-refractivity contribution >= 4 is 14.6 Å². The van der Waals surface area contributed by atoms with Crippen molar-refractivity contribution in [3.05, 3.63) is 17.7 Å². The highest BCUT2D eigenvalue weighted by Crippen LogP contribution is 2.40. The van der Waals surface area contributed by atoms with E-state index in [0.29, 0.717) is 30.1 Å². The zero-order chi connectivity index (χ0) is 14.5. The highest BCUT2D eigenvalue weighted by Gasteiger charge is 2.22. The fraction of sp³-hybridized carbons (Fsp3) is 0.500. The molecule has 0 amide bonds. The molecule has 1 rings (SSSR count). The molecule has 0 unspecified atom stereocenters. The Morgan fingerprint density at radius 2 is 1.63 bits per heavy atom. The third-order valence-electron chi connectivity index (χ3n) is 2.48. The maximum absolute atomic E-state index is 10.5. The molecule has 4 nitrogen and oxygen atoms in total. The Hall–Kier alpha value is -1.49. The summed E-state index contributed by atoms with van der Waals surface area (Å²) in [5.74, 6) is 1.96. The van der Waals surface area contributed by atoms with Gasteiger partial charge < -0.3 is 18.7 Å². The summed E-state index contributed by atoms with van der Waals surface area (Å²) in [6, 6.07) is 3.81. The molecule has 0 spiro atoms. The van der Waals surface area contributed by atoms with E-state index in [1.54, 1.807) is 14.2 Å². The monoisotopic (exact) mass is 282 g/mol. The van der Waals surface area contributed by atoms with Gasteiger partial charge in [-0.15, -0.1) is 0 Å². The number of rotatable bonds is 7. The summed E-state index contributed by atoms with van der Waals surface area (Å²) in [6.07, 6.45) is 2.06. The number of aldehydes is 1. The van der Waals surface area contributed by atoms with E-state index in [4.69, 9.17) is 13.9 Å². The van der Waals surface area contributed by atoms with Crippen LogP contribution in [0.1, 0.15) is 12.0 Å². The number of benzene rings is 1. The Balaban J connectivity index is 3.17. The molecule has 1 aromatic rings. The van der Waals surface area contributed by atoms with Gasteiger partial charge in [0.2, 0.25) is 8.32 Å². The van der Waals surface area contributed by atoms with E-state index >= 15 is 0 Å². The molecule has 19 heavy (non-hydrogen) atoms. The van der Waals surface area contributed by atoms with Crippen LogP contribution in [0, 0.1) is 0 Å². The zero-order valence-electron chi connectivity index (χ0n) is 12.3. The van der Waals surface area contributed by atoms with Crippen molar-refractivity contribution < 1.29 is 18.7 Å². The van der Waals surface area contributed by atoms with Crippen molar-refractivity contribution in [3.63, 3.8) is 0 Å². The summed E-state index contributed by atoms with van der Waals surface area (Å²) < 4.78 is 16.8. The molecule has 0 atom stereocenters. The molecule has 106 valence electrons. The lowest BCUT2D eigenvalue weighted by molar-refractivity contribution is -0.107. The lowest BCUT2D eigenvalue weighted by Crippen LogP contribution is -2.29. The second kappa shape index (κ2) is 6.61. The van der Waals surface area contributed by atoms with Crippen LogP contribution in [-0.2, 0) is 11.2 Å². The van der Waals surface area contributed by atoms with Gasteiger partial charge in [0.1, 0.15) is 6.29 Å². The molecule has 0 aliphatic heterocycles. The fourth-order valence-electron chi connectivity index (χ4n) is 1.71. The molecule has 0 heterocycles. The molecule has 0 N–H and O–H groups in total. The van der Waals surface area contributed by atoms with Gasteiger partial charge in [0.05, 0.1) is 14.2 Å². The van der Waals surface area contributed by atoms with Gasteiger partial charge in [-0.05, 0) is 43.8 Å². The Morgan fingerprint density at radius 3 is 2.00 bits per heavy atom. The molecule has 0 saturated carbocycles. The Labute approximate surface area is 115 Å². The number of aryl methyl sites for hydroxylation is 1. The molecule has 0 fully saturated rings. The first-order valence-corrected chi connectivity index (χ1v) is 9.69. The quantitative estimate of drug-likeness (QED) is 0.569. The topological polar surface area (TPSA) is 44.8 Å². The Morgan fingerprint density at radius 1 is 1.11 bits per heavy atom. The van der Waals surface area contributed by atoms with Gasteiger partial charge in [-0.2, -0.15) is 0 Å². The Bertz CT molecular complexity index is 413. The standard InChI is InChI=1S/C14H22O4Si/c1-16-12-9-11(7-6-8-15)10-13(17-2)14(12)18-19(3,4)5/h8-10H,6-7H2,1-5H3. The number of carbonyl (C=O) groups excluding carboxylic acids is 1. The van der Waals surface area contributed by atoms with Crippen molar-refractivity contribution in [1.29, 1.82) is 0 Å². The molecule has 1 aromatic carbocycles. The predicted molar refractivity (Wildman–Crippen MR) is 77.9 cm³/mol. The first-order chi connectivity index (χ1) is 8.91. The smallest absolute Gasteiger partial charge is 0.242 e. The van der Waals surface area contributed by atoms with Crippen molar-refractivity contribution in [2.24, 2.45) is 0 Å². The van der Waals surface area contributed by atoms with Crippen LogP contribution < -0.4 is 13.9 Å². The van der Waals surface area contributed by atoms with Crippen LogP contribution in [0.3, 0.4) is 0 Å². The van der Waals surface area contributed by atoms with Crippen LogP contribution in [0.2, 0.25) is 19.6 Å². The largest absolute Gasteiger partial charge is 0.539 e. The maximum atomic E-state index is 10.5. The summed E-state index contributed by atoms with van der Waals surface area (Å²) >= 11 is 0. The number of methoxy groups -OCH3 is 2. The van der Waals surface area contributed by atoms with E-state index in [-0.39, 0.29) is 0 Å². The number of carbonyl (C=O) groups is 1. The molecule has 0 radical (unpaired) electrons. The summed E-state index contributed by atoms with van der Waals surface area (Å²) in [5, 5.41) is 0. The van der Waals surface area contributed by atoms with Crippen molar-refractivity contribution in [2.75, 3.05) is 14.2 Å². The number of hydrogen-bond donors (Lipinski definition) is 0. The van der Waals surface area contributed by atoms with Crippen LogP contribution in [0.25, 0.3) is 0 Å². The maximum Gasteiger partial charge on any atom is 0.242 e. The van der Waals surface area contributed by atoms with Crippen molar-refractivity contribution in [1.82, 2.24) is 0 Å². The summed E-state index contributed by atoms with van der Waals surface area (Å²) in [7, 11) is 1.46. The van der Waals surface area contributed by atoms with Crippen LogP contribution in [0.15, 0.2) is 12.1 Å². The SMILES string of the molecule is COc1cc(CCC=O)cc(OC)c1O[Si](C)(C)C.